The van der Waals surface area contributed by atoms with Crippen LogP contribution in [0.2, 0.25) is 10.3 Å². The second-order valence-electron chi connectivity index (χ2n) is 5.43. The molecule has 0 aliphatic heterocycles. The molecule has 0 spiro atoms. The van der Waals surface area contributed by atoms with Crippen LogP contribution in [0.5, 0.6) is 0 Å². The van der Waals surface area contributed by atoms with Crippen molar-refractivity contribution in [2.24, 2.45) is 7.05 Å². The number of fused-ring (bicyclic) bond motifs is 1. The van der Waals surface area contributed by atoms with Gasteiger partial charge < -0.3 is 4.57 Å². The molecular weight excluding hydrogens is 363 g/mol. The monoisotopic (exact) mass is 372 g/mol. The van der Waals surface area contributed by atoms with Gasteiger partial charge in [0.05, 0.1) is 5.69 Å². The third-order valence-corrected chi connectivity index (χ3v) is 4.25. The van der Waals surface area contributed by atoms with Gasteiger partial charge in [-0.2, -0.15) is 4.68 Å². The molecule has 0 saturated carbocycles. The molecule has 0 radical (unpaired) electrons. The van der Waals surface area contributed by atoms with Crippen molar-refractivity contribution in [3.63, 3.8) is 0 Å². The molecule has 0 aliphatic rings. The average Bonchev–Trinajstić information content (AvgIpc) is 3.18. The molecule has 9 heteroatoms. The molecule has 0 N–H and O–H groups in total. The van der Waals surface area contributed by atoms with E-state index in [2.05, 4.69) is 20.5 Å². The summed E-state index contributed by atoms with van der Waals surface area (Å²) in [6.45, 7) is 0. The van der Waals surface area contributed by atoms with E-state index in [9.17, 15) is 4.79 Å². The molecule has 0 aliphatic carbocycles. The highest BCUT2D eigenvalue weighted by atomic mass is 35.5. The minimum atomic E-state index is 0.249. The Bertz CT molecular complexity index is 1100. The molecule has 7 nitrogen and oxygen atoms in total. The van der Waals surface area contributed by atoms with Gasteiger partial charge in [0, 0.05) is 35.3 Å². The maximum Gasteiger partial charge on any atom is 0.187 e. The van der Waals surface area contributed by atoms with Crippen LogP contribution >= 0.6 is 23.2 Å². The van der Waals surface area contributed by atoms with Gasteiger partial charge in [-0.15, -0.1) is 5.10 Å². The lowest BCUT2D eigenvalue weighted by Crippen LogP contribution is -2.00. The van der Waals surface area contributed by atoms with Crippen molar-refractivity contribution in [3.05, 3.63) is 52.4 Å². The Labute approximate surface area is 151 Å². The molecule has 0 fully saturated rings. The second-order valence-corrected chi connectivity index (χ2v) is 6.20. The van der Waals surface area contributed by atoms with Gasteiger partial charge in [0.25, 0.3) is 0 Å². The van der Waals surface area contributed by atoms with E-state index in [0.717, 1.165) is 17.2 Å². The first-order valence-electron chi connectivity index (χ1n) is 7.23. The number of benzene rings is 1. The van der Waals surface area contributed by atoms with E-state index in [0.29, 0.717) is 22.6 Å². The smallest absolute Gasteiger partial charge is 0.187 e. The minimum Gasteiger partial charge on any atom is -0.350 e. The molecule has 3 heterocycles. The Morgan fingerprint density at radius 3 is 2.60 bits per heavy atom. The van der Waals surface area contributed by atoms with Crippen LogP contribution in [0.4, 0.5) is 0 Å². The van der Waals surface area contributed by atoms with Crippen molar-refractivity contribution in [2.45, 2.75) is 0 Å². The highest BCUT2D eigenvalue weighted by molar-refractivity contribution is 6.32. The number of halogens is 2. The third-order valence-electron chi connectivity index (χ3n) is 3.87. The lowest BCUT2D eigenvalue weighted by Gasteiger charge is -2.06. The number of hydrogen-bond acceptors (Lipinski definition) is 5. The van der Waals surface area contributed by atoms with Crippen molar-refractivity contribution in [2.75, 3.05) is 0 Å². The van der Waals surface area contributed by atoms with Crippen molar-refractivity contribution >= 4 is 40.4 Å². The molecule has 0 amide bonds. The molecule has 25 heavy (non-hydrogen) atoms. The Morgan fingerprint density at radius 1 is 1.12 bits per heavy atom. The number of nitrogens with zero attached hydrogens (tertiary/aromatic N) is 6. The van der Waals surface area contributed by atoms with E-state index in [4.69, 9.17) is 23.2 Å². The van der Waals surface area contributed by atoms with E-state index < -0.39 is 0 Å². The van der Waals surface area contributed by atoms with Gasteiger partial charge in [-0.1, -0.05) is 23.2 Å². The summed E-state index contributed by atoms with van der Waals surface area (Å²) < 4.78 is 3.45. The number of rotatable bonds is 3. The maximum absolute atomic E-state index is 11.3. The summed E-state index contributed by atoms with van der Waals surface area (Å²) >= 11 is 11.9. The molecule has 3 aromatic heterocycles. The Kier molecular flexibility index (Phi) is 3.74. The maximum atomic E-state index is 11.3. The number of carbonyl (C=O) groups excluding carboxylic acids is 1. The van der Waals surface area contributed by atoms with Crippen LogP contribution in [-0.4, -0.2) is 36.0 Å². The van der Waals surface area contributed by atoms with Crippen molar-refractivity contribution in [1.29, 1.82) is 0 Å². The van der Waals surface area contributed by atoms with Crippen molar-refractivity contribution in [1.82, 2.24) is 29.8 Å². The number of pyridine rings is 1. The van der Waals surface area contributed by atoms with E-state index >= 15 is 0 Å². The Balaban J connectivity index is 1.90. The third kappa shape index (κ3) is 2.67. The summed E-state index contributed by atoms with van der Waals surface area (Å²) in [7, 11) is 1.89. The first-order valence-corrected chi connectivity index (χ1v) is 7.99. The van der Waals surface area contributed by atoms with Gasteiger partial charge in [-0.05, 0) is 40.8 Å². The summed E-state index contributed by atoms with van der Waals surface area (Å²) in [4.78, 5) is 15.2. The zero-order chi connectivity index (χ0) is 17.6. The summed E-state index contributed by atoms with van der Waals surface area (Å²) in [5.41, 5.74) is 2.89. The van der Waals surface area contributed by atoms with Gasteiger partial charge in [-0.3, -0.25) is 4.79 Å². The number of aryl methyl sites for hydroxylation is 1. The zero-order valence-corrected chi connectivity index (χ0v) is 14.4. The van der Waals surface area contributed by atoms with Crippen LogP contribution in [0.25, 0.3) is 28.0 Å². The van der Waals surface area contributed by atoms with Gasteiger partial charge in [0.2, 0.25) is 0 Å². The molecule has 4 aromatic rings. The van der Waals surface area contributed by atoms with E-state index in [1.807, 2.05) is 29.8 Å². The van der Waals surface area contributed by atoms with E-state index in [1.54, 1.807) is 23.0 Å². The molecule has 0 unspecified atom stereocenters. The van der Waals surface area contributed by atoms with Gasteiger partial charge in [0.15, 0.2) is 12.1 Å². The lowest BCUT2D eigenvalue weighted by molar-refractivity contribution is 0.112. The number of tetrazole rings is 1. The van der Waals surface area contributed by atoms with Crippen LogP contribution in [0, 0.1) is 0 Å². The highest BCUT2D eigenvalue weighted by Gasteiger charge is 2.14. The Hall–Kier alpha value is -2.77. The van der Waals surface area contributed by atoms with Crippen LogP contribution in [0.15, 0.2) is 36.5 Å². The number of aromatic nitrogens is 6. The predicted octanol–water partition coefficient (Wildman–Crippen LogP) is 3.34. The molecule has 0 atom stereocenters. The van der Waals surface area contributed by atoms with E-state index in [-0.39, 0.29) is 10.3 Å². The molecule has 0 bridgehead atoms. The minimum absolute atomic E-state index is 0.249. The molecular formula is C16H10Cl2N6O. The normalized spacial score (nSPS) is 11.2. The number of carbonyl (C=O) groups is 1. The molecule has 1 aromatic carbocycles. The summed E-state index contributed by atoms with van der Waals surface area (Å²) in [5.74, 6) is 0.467. The van der Waals surface area contributed by atoms with Crippen LogP contribution in [0.1, 0.15) is 10.4 Å². The summed E-state index contributed by atoms with van der Waals surface area (Å²) in [5, 5.41) is 13.2. The fraction of sp³-hybridized carbons (Fsp3) is 0.0625. The van der Waals surface area contributed by atoms with Crippen LogP contribution < -0.4 is 0 Å². The average molecular weight is 373 g/mol. The fourth-order valence-corrected chi connectivity index (χ4v) is 3.23. The van der Waals surface area contributed by atoms with Crippen molar-refractivity contribution in [3.8, 4) is 17.1 Å². The van der Waals surface area contributed by atoms with Gasteiger partial charge >= 0.3 is 0 Å². The first-order chi connectivity index (χ1) is 12.1. The Morgan fingerprint density at radius 2 is 1.88 bits per heavy atom. The van der Waals surface area contributed by atoms with Crippen molar-refractivity contribution < 1.29 is 4.79 Å². The molecule has 0 saturated heterocycles. The second kappa shape index (κ2) is 5.94. The van der Waals surface area contributed by atoms with Crippen LogP contribution in [0.3, 0.4) is 0 Å². The largest absolute Gasteiger partial charge is 0.350 e. The summed E-state index contributed by atoms with van der Waals surface area (Å²) in [6.07, 6.45) is 2.61. The first kappa shape index (κ1) is 15.7. The number of hydrogen-bond donors (Lipinski definition) is 0. The van der Waals surface area contributed by atoms with Gasteiger partial charge in [0.1, 0.15) is 10.3 Å². The summed E-state index contributed by atoms with van der Waals surface area (Å²) in [6, 6.07) is 8.92. The van der Waals surface area contributed by atoms with E-state index in [1.165, 1.54) is 0 Å². The quantitative estimate of drug-likeness (QED) is 0.407. The zero-order valence-electron chi connectivity index (χ0n) is 12.9. The predicted molar refractivity (Wildman–Crippen MR) is 94.3 cm³/mol. The SMILES string of the molecule is Cn1cc(C=O)c2cc(-n3nnnc3-c3cc(Cl)nc(Cl)c3)ccc21. The standard InChI is InChI=1S/C16H10Cl2N6O/c1-23-7-10(8-25)12-6-11(2-3-13(12)23)24-16(20-21-22-24)9-4-14(17)19-15(18)5-9/h2-8H,1H3. The van der Waals surface area contributed by atoms with Crippen LogP contribution in [-0.2, 0) is 7.05 Å². The fourth-order valence-electron chi connectivity index (χ4n) is 2.77. The number of aldehydes is 1. The molecule has 124 valence electrons. The molecule has 4 rings (SSSR count). The van der Waals surface area contributed by atoms with Gasteiger partial charge in [-0.25, -0.2) is 4.98 Å². The lowest BCUT2D eigenvalue weighted by atomic mass is 10.1. The topological polar surface area (TPSA) is 78.5 Å². The highest BCUT2D eigenvalue weighted by Crippen LogP contribution is 2.27.